The van der Waals surface area contributed by atoms with Crippen molar-refractivity contribution >= 4 is 22.7 Å². The lowest BCUT2D eigenvalue weighted by molar-refractivity contribution is 0.0276. The van der Waals surface area contributed by atoms with Crippen LogP contribution in [0.5, 0.6) is 0 Å². The lowest BCUT2D eigenvalue weighted by Crippen LogP contribution is -2.26. The third kappa shape index (κ3) is 2.92. The van der Waals surface area contributed by atoms with Gasteiger partial charge in [0.1, 0.15) is 0 Å². The predicted molar refractivity (Wildman–Crippen MR) is 69.8 cm³/mol. The van der Waals surface area contributed by atoms with Crippen molar-refractivity contribution < 1.29 is 4.74 Å². The second kappa shape index (κ2) is 5.59. The van der Waals surface area contributed by atoms with Crippen molar-refractivity contribution in [3.63, 3.8) is 0 Å². The third-order valence-corrected chi connectivity index (χ3v) is 3.89. The first kappa shape index (κ1) is 11.8. The fraction of sp³-hybridized carbons (Fsp3) is 0.333. The van der Waals surface area contributed by atoms with Crippen LogP contribution in [0.3, 0.4) is 0 Å². The van der Waals surface area contributed by atoms with E-state index in [-0.39, 0.29) is 12.1 Å². The maximum atomic E-state index is 5.95. The average molecular weight is 253 g/mol. The van der Waals surface area contributed by atoms with E-state index in [1.165, 1.54) is 10.4 Å². The fourth-order valence-electron chi connectivity index (χ4n) is 1.56. The molecule has 4 heteroatoms. The molecule has 0 fully saturated rings. The summed E-state index contributed by atoms with van der Waals surface area (Å²) < 4.78 is 5.88. The van der Waals surface area contributed by atoms with Crippen LogP contribution in [0.4, 0.5) is 0 Å². The van der Waals surface area contributed by atoms with Crippen LogP contribution in [0.25, 0.3) is 0 Å². The van der Waals surface area contributed by atoms with Crippen LogP contribution in [-0.2, 0) is 11.3 Å². The number of ether oxygens (including phenoxy) is 1. The van der Waals surface area contributed by atoms with Crippen molar-refractivity contribution in [3.8, 4) is 0 Å². The first-order valence-corrected chi connectivity index (χ1v) is 7.01. The topological polar surface area (TPSA) is 35.2 Å². The van der Waals surface area contributed by atoms with Crippen molar-refractivity contribution in [1.82, 2.24) is 0 Å². The quantitative estimate of drug-likeness (QED) is 0.886. The van der Waals surface area contributed by atoms with Crippen LogP contribution < -0.4 is 5.73 Å². The van der Waals surface area contributed by atoms with Gasteiger partial charge in [0.25, 0.3) is 0 Å². The molecule has 0 spiro atoms. The second-order valence-corrected chi connectivity index (χ2v) is 5.54. The number of thiophene rings is 2. The molecule has 0 aliphatic carbocycles. The van der Waals surface area contributed by atoms with Gasteiger partial charge in [0, 0.05) is 10.9 Å². The number of hydrogen-bond acceptors (Lipinski definition) is 4. The summed E-state index contributed by atoms with van der Waals surface area (Å²) in [6.07, 6.45) is -0.00616. The zero-order valence-corrected chi connectivity index (χ0v) is 10.8. The van der Waals surface area contributed by atoms with E-state index in [1.807, 2.05) is 13.0 Å². The molecular formula is C12H15NOS2. The lowest BCUT2D eigenvalue weighted by Gasteiger charge is -2.20. The normalized spacial score (nSPS) is 14.9. The Kier molecular flexibility index (Phi) is 4.12. The maximum Gasteiger partial charge on any atom is 0.0985 e. The molecule has 16 heavy (non-hydrogen) atoms. The first-order valence-electron chi connectivity index (χ1n) is 5.19. The van der Waals surface area contributed by atoms with Crippen LogP contribution in [0.15, 0.2) is 34.3 Å². The molecular weight excluding hydrogens is 238 g/mol. The summed E-state index contributed by atoms with van der Waals surface area (Å²) in [6.45, 7) is 2.62. The molecule has 2 heterocycles. The average Bonchev–Trinajstić information content (AvgIpc) is 2.88. The van der Waals surface area contributed by atoms with Gasteiger partial charge >= 0.3 is 0 Å². The van der Waals surface area contributed by atoms with Crippen LogP contribution in [0, 0.1) is 0 Å². The SMILES string of the molecule is CC(N)C(OCc1cccs1)c1ccsc1. The second-order valence-electron chi connectivity index (χ2n) is 3.73. The molecule has 2 unspecified atom stereocenters. The van der Waals surface area contributed by atoms with Gasteiger partial charge in [0.2, 0.25) is 0 Å². The Morgan fingerprint density at radius 2 is 2.25 bits per heavy atom. The summed E-state index contributed by atoms with van der Waals surface area (Å²) in [4.78, 5) is 1.24. The highest BCUT2D eigenvalue weighted by Gasteiger charge is 2.17. The summed E-state index contributed by atoms with van der Waals surface area (Å²) in [5, 5.41) is 6.21. The largest absolute Gasteiger partial charge is 0.366 e. The molecule has 0 aliphatic rings. The van der Waals surface area contributed by atoms with Crippen molar-refractivity contribution in [3.05, 3.63) is 44.8 Å². The zero-order chi connectivity index (χ0) is 11.4. The molecule has 0 saturated heterocycles. The van der Waals surface area contributed by atoms with Gasteiger partial charge < -0.3 is 10.5 Å². The van der Waals surface area contributed by atoms with E-state index in [1.54, 1.807) is 22.7 Å². The number of hydrogen-bond donors (Lipinski definition) is 1. The Balaban J connectivity index is 1.99. The summed E-state index contributed by atoms with van der Waals surface area (Å²) in [5.74, 6) is 0. The molecule has 0 aromatic carbocycles. The molecule has 2 nitrogen and oxygen atoms in total. The Morgan fingerprint density at radius 1 is 1.38 bits per heavy atom. The Bertz CT molecular complexity index is 395. The minimum atomic E-state index is -0.00616. The molecule has 0 aliphatic heterocycles. The zero-order valence-electron chi connectivity index (χ0n) is 9.13. The van der Waals surface area contributed by atoms with Crippen molar-refractivity contribution in [2.24, 2.45) is 5.73 Å². The summed E-state index contributed by atoms with van der Waals surface area (Å²) in [6, 6.07) is 6.20. The lowest BCUT2D eigenvalue weighted by atomic mass is 10.1. The van der Waals surface area contributed by atoms with E-state index in [0.29, 0.717) is 6.61 Å². The van der Waals surface area contributed by atoms with E-state index < -0.39 is 0 Å². The maximum absolute atomic E-state index is 5.95. The standard InChI is InChI=1S/C12H15NOS2/c1-9(13)12(10-4-6-15-8-10)14-7-11-3-2-5-16-11/h2-6,8-9,12H,7,13H2,1H3. The van der Waals surface area contributed by atoms with E-state index in [4.69, 9.17) is 10.5 Å². The molecule has 0 saturated carbocycles. The van der Waals surface area contributed by atoms with Gasteiger partial charge in [-0.25, -0.2) is 0 Å². The predicted octanol–water partition coefficient (Wildman–Crippen LogP) is 3.41. The van der Waals surface area contributed by atoms with E-state index in [9.17, 15) is 0 Å². The number of nitrogens with two attached hydrogens (primary N) is 1. The summed E-state index contributed by atoms with van der Waals surface area (Å²) in [7, 11) is 0. The van der Waals surface area contributed by atoms with Crippen molar-refractivity contribution in [1.29, 1.82) is 0 Å². The molecule has 2 aromatic rings. The van der Waals surface area contributed by atoms with Crippen molar-refractivity contribution in [2.45, 2.75) is 25.7 Å². The minimum absolute atomic E-state index is 0.00616. The smallest absolute Gasteiger partial charge is 0.0985 e. The Hall–Kier alpha value is -0.680. The fourth-order valence-corrected chi connectivity index (χ4v) is 2.86. The first-order chi connectivity index (χ1) is 7.77. The van der Waals surface area contributed by atoms with Crippen LogP contribution in [0.1, 0.15) is 23.5 Å². The monoisotopic (exact) mass is 253 g/mol. The summed E-state index contributed by atoms with van der Waals surface area (Å²) >= 11 is 3.39. The van der Waals surface area contributed by atoms with E-state index in [0.717, 1.165) is 0 Å². The Labute approximate surface area is 104 Å². The molecule has 2 rings (SSSR count). The third-order valence-electron chi connectivity index (χ3n) is 2.33. The highest BCUT2D eigenvalue weighted by atomic mass is 32.1. The van der Waals surface area contributed by atoms with Crippen LogP contribution >= 0.6 is 22.7 Å². The highest BCUT2D eigenvalue weighted by molar-refractivity contribution is 7.09. The van der Waals surface area contributed by atoms with Gasteiger partial charge in [-0.3, -0.25) is 0 Å². The van der Waals surface area contributed by atoms with Gasteiger partial charge in [-0.2, -0.15) is 11.3 Å². The van der Waals surface area contributed by atoms with Gasteiger partial charge in [-0.1, -0.05) is 6.07 Å². The van der Waals surface area contributed by atoms with Crippen LogP contribution in [0.2, 0.25) is 0 Å². The van der Waals surface area contributed by atoms with Gasteiger partial charge in [0.05, 0.1) is 12.7 Å². The molecule has 2 N–H and O–H groups in total. The molecule has 0 amide bonds. The molecule has 2 atom stereocenters. The van der Waals surface area contributed by atoms with Gasteiger partial charge in [-0.15, -0.1) is 11.3 Å². The summed E-state index contributed by atoms with van der Waals surface area (Å²) in [5.41, 5.74) is 7.13. The van der Waals surface area contributed by atoms with Gasteiger partial charge in [-0.05, 0) is 40.8 Å². The van der Waals surface area contributed by atoms with Crippen LogP contribution in [-0.4, -0.2) is 6.04 Å². The minimum Gasteiger partial charge on any atom is -0.366 e. The van der Waals surface area contributed by atoms with Crippen molar-refractivity contribution in [2.75, 3.05) is 0 Å². The number of rotatable bonds is 5. The van der Waals surface area contributed by atoms with Gasteiger partial charge in [0.15, 0.2) is 0 Å². The molecule has 2 aromatic heterocycles. The Morgan fingerprint density at radius 3 is 2.81 bits per heavy atom. The molecule has 86 valence electrons. The van der Waals surface area contributed by atoms with E-state index in [2.05, 4.69) is 28.3 Å². The molecule has 0 radical (unpaired) electrons. The highest BCUT2D eigenvalue weighted by Crippen LogP contribution is 2.24. The molecule has 0 bridgehead atoms. The van der Waals surface area contributed by atoms with E-state index >= 15 is 0 Å².